The van der Waals surface area contributed by atoms with Crippen LogP contribution in [-0.2, 0) is 0 Å². The third kappa shape index (κ3) is 3.28. The van der Waals surface area contributed by atoms with Crippen LogP contribution in [-0.4, -0.2) is 28.7 Å². The Morgan fingerprint density at radius 2 is 2.17 bits per heavy atom. The van der Waals surface area contributed by atoms with Crippen molar-refractivity contribution in [1.29, 1.82) is 0 Å². The van der Waals surface area contributed by atoms with Crippen LogP contribution in [0.15, 0.2) is 22.7 Å². The maximum absolute atomic E-state index is 12.6. The highest BCUT2D eigenvalue weighted by Crippen LogP contribution is 2.28. The number of nitrogens with zero attached hydrogens (tertiary/aromatic N) is 1. The average Bonchev–Trinajstić information content (AvgIpc) is 2.28. The van der Waals surface area contributed by atoms with Gasteiger partial charge in [-0.05, 0) is 76.0 Å². The zero-order chi connectivity index (χ0) is 13.1. The van der Waals surface area contributed by atoms with Crippen LogP contribution in [0.3, 0.4) is 0 Å². The minimum atomic E-state index is 0.143. The second-order valence-corrected chi connectivity index (χ2v) is 7.29. The summed E-state index contributed by atoms with van der Waals surface area (Å²) in [6.07, 6.45) is 3.52. The molecule has 18 heavy (non-hydrogen) atoms. The molecule has 0 bridgehead atoms. The molecule has 0 spiro atoms. The molecular formula is C13H14Br2INO. The Balaban J connectivity index is 2.23. The standard InChI is InChI=1S/C13H14Br2INO/c14-6-7-17(10-2-1-3-10)13(18)11-8-9(16)4-5-12(11)15/h4-5,8,10H,1-3,6-7H2. The third-order valence-corrected chi connectivity index (χ3v) is 4.98. The second-order valence-electron chi connectivity index (χ2n) is 4.40. The van der Waals surface area contributed by atoms with E-state index >= 15 is 0 Å². The van der Waals surface area contributed by atoms with Crippen LogP contribution in [0.2, 0.25) is 0 Å². The second kappa shape index (κ2) is 6.70. The predicted octanol–water partition coefficient (Wildman–Crippen LogP) is 4.44. The summed E-state index contributed by atoms with van der Waals surface area (Å²) >= 11 is 9.16. The van der Waals surface area contributed by atoms with E-state index in [1.807, 2.05) is 23.1 Å². The highest BCUT2D eigenvalue weighted by atomic mass is 127. The molecule has 2 rings (SSSR count). The van der Waals surface area contributed by atoms with E-state index in [9.17, 15) is 4.79 Å². The van der Waals surface area contributed by atoms with Crippen molar-refractivity contribution in [2.24, 2.45) is 0 Å². The molecule has 0 aliphatic heterocycles. The predicted molar refractivity (Wildman–Crippen MR) is 89.3 cm³/mol. The molecule has 0 unspecified atom stereocenters. The fourth-order valence-corrected chi connectivity index (χ4v) is 3.34. The molecule has 0 radical (unpaired) electrons. The zero-order valence-electron chi connectivity index (χ0n) is 9.83. The molecule has 1 aromatic rings. The van der Waals surface area contributed by atoms with Crippen LogP contribution in [0.4, 0.5) is 0 Å². The van der Waals surface area contributed by atoms with Gasteiger partial charge in [0.05, 0.1) is 5.56 Å². The SMILES string of the molecule is O=C(c1cc(I)ccc1Br)N(CCBr)C1CCC1. The van der Waals surface area contributed by atoms with Crippen LogP contribution in [0.1, 0.15) is 29.6 Å². The molecule has 1 fully saturated rings. The van der Waals surface area contributed by atoms with Gasteiger partial charge >= 0.3 is 0 Å². The van der Waals surface area contributed by atoms with Crippen molar-refractivity contribution in [3.8, 4) is 0 Å². The summed E-state index contributed by atoms with van der Waals surface area (Å²) in [6, 6.07) is 6.33. The van der Waals surface area contributed by atoms with Gasteiger partial charge in [0.2, 0.25) is 0 Å². The Labute approximate surface area is 138 Å². The molecule has 1 aliphatic rings. The number of carbonyl (C=O) groups is 1. The lowest BCUT2D eigenvalue weighted by Crippen LogP contribution is -2.45. The molecule has 0 aromatic heterocycles. The van der Waals surface area contributed by atoms with Crippen molar-refractivity contribution in [2.45, 2.75) is 25.3 Å². The molecular weight excluding hydrogens is 473 g/mol. The molecule has 1 aromatic carbocycles. The summed E-state index contributed by atoms with van der Waals surface area (Å²) in [5.41, 5.74) is 0.773. The summed E-state index contributed by atoms with van der Waals surface area (Å²) in [5.74, 6) is 0.143. The van der Waals surface area contributed by atoms with Crippen molar-refractivity contribution in [3.63, 3.8) is 0 Å². The largest absolute Gasteiger partial charge is 0.335 e. The van der Waals surface area contributed by atoms with Gasteiger partial charge in [-0.3, -0.25) is 4.79 Å². The van der Waals surface area contributed by atoms with E-state index in [0.29, 0.717) is 6.04 Å². The van der Waals surface area contributed by atoms with E-state index in [0.717, 1.165) is 38.3 Å². The molecule has 1 amide bonds. The van der Waals surface area contributed by atoms with Crippen molar-refractivity contribution in [3.05, 3.63) is 31.8 Å². The van der Waals surface area contributed by atoms with Crippen LogP contribution in [0.25, 0.3) is 0 Å². The topological polar surface area (TPSA) is 20.3 Å². The van der Waals surface area contributed by atoms with Gasteiger partial charge in [0, 0.05) is 26.0 Å². The van der Waals surface area contributed by atoms with Crippen LogP contribution < -0.4 is 0 Å². The molecule has 0 N–H and O–H groups in total. The van der Waals surface area contributed by atoms with E-state index in [1.165, 1.54) is 6.42 Å². The lowest BCUT2D eigenvalue weighted by Gasteiger charge is -2.37. The number of benzene rings is 1. The van der Waals surface area contributed by atoms with E-state index < -0.39 is 0 Å². The van der Waals surface area contributed by atoms with Crippen molar-refractivity contribution in [1.82, 2.24) is 4.90 Å². The smallest absolute Gasteiger partial charge is 0.255 e. The van der Waals surface area contributed by atoms with Crippen molar-refractivity contribution in [2.75, 3.05) is 11.9 Å². The molecule has 2 nitrogen and oxygen atoms in total. The third-order valence-electron chi connectivity index (χ3n) is 3.26. The molecule has 5 heteroatoms. The molecule has 1 aliphatic carbocycles. The first-order valence-electron chi connectivity index (χ1n) is 5.95. The summed E-state index contributed by atoms with van der Waals surface area (Å²) in [7, 11) is 0. The normalized spacial score (nSPS) is 15.3. The van der Waals surface area contributed by atoms with Gasteiger partial charge in [0.15, 0.2) is 0 Å². The first kappa shape index (κ1) is 14.8. The molecule has 0 heterocycles. The number of hydrogen-bond donors (Lipinski definition) is 0. The van der Waals surface area contributed by atoms with Gasteiger partial charge in [-0.2, -0.15) is 0 Å². The molecule has 1 saturated carbocycles. The fourth-order valence-electron chi connectivity index (χ4n) is 2.06. The van der Waals surface area contributed by atoms with Gasteiger partial charge in [-0.15, -0.1) is 0 Å². The monoisotopic (exact) mass is 485 g/mol. The van der Waals surface area contributed by atoms with E-state index in [2.05, 4.69) is 54.5 Å². The maximum Gasteiger partial charge on any atom is 0.255 e. The van der Waals surface area contributed by atoms with Gasteiger partial charge in [-0.25, -0.2) is 0 Å². The molecule has 98 valence electrons. The van der Waals surface area contributed by atoms with Gasteiger partial charge < -0.3 is 4.90 Å². The van der Waals surface area contributed by atoms with Gasteiger partial charge in [0.1, 0.15) is 0 Å². The summed E-state index contributed by atoms with van der Waals surface area (Å²) < 4.78 is 1.97. The number of hydrogen-bond acceptors (Lipinski definition) is 1. The maximum atomic E-state index is 12.6. The van der Waals surface area contributed by atoms with Gasteiger partial charge in [-0.1, -0.05) is 15.9 Å². The quantitative estimate of drug-likeness (QED) is 0.455. The van der Waals surface area contributed by atoms with Crippen LogP contribution >= 0.6 is 54.5 Å². The van der Waals surface area contributed by atoms with E-state index in [4.69, 9.17) is 0 Å². The first-order valence-corrected chi connectivity index (χ1v) is 8.95. The summed E-state index contributed by atoms with van der Waals surface area (Å²) in [5, 5.41) is 0.830. The number of carbonyl (C=O) groups excluding carboxylic acids is 1. The van der Waals surface area contributed by atoms with E-state index in [1.54, 1.807) is 0 Å². The average molecular weight is 487 g/mol. The van der Waals surface area contributed by atoms with Crippen LogP contribution in [0.5, 0.6) is 0 Å². The highest BCUT2D eigenvalue weighted by molar-refractivity contribution is 14.1. The zero-order valence-corrected chi connectivity index (χ0v) is 15.2. The Morgan fingerprint density at radius 1 is 1.44 bits per heavy atom. The fraction of sp³-hybridized carbons (Fsp3) is 0.462. The lowest BCUT2D eigenvalue weighted by molar-refractivity contribution is 0.0598. The van der Waals surface area contributed by atoms with Crippen LogP contribution in [0, 0.1) is 3.57 Å². The van der Waals surface area contributed by atoms with Crippen molar-refractivity contribution < 1.29 is 4.79 Å². The lowest BCUT2D eigenvalue weighted by atomic mass is 9.91. The minimum absolute atomic E-state index is 0.143. The summed E-state index contributed by atoms with van der Waals surface area (Å²) in [6.45, 7) is 0.779. The molecule has 0 atom stereocenters. The first-order chi connectivity index (χ1) is 8.63. The number of amides is 1. The summed E-state index contributed by atoms with van der Waals surface area (Å²) in [4.78, 5) is 14.6. The number of rotatable bonds is 4. The van der Waals surface area contributed by atoms with Crippen molar-refractivity contribution >= 4 is 60.4 Å². The van der Waals surface area contributed by atoms with E-state index in [-0.39, 0.29) is 5.91 Å². The Bertz CT molecular complexity index is 449. The minimum Gasteiger partial charge on any atom is -0.335 e. The highest BCUT2D eigenvalue weighted by Gasteiger charge is 2.29. The Hall–Kier alpha value is 0.380. The Kier molecular flexibility index (Phi) is 5.50. The Morgan fingerprint density at radius 3 is 2.72 bits per heavy atom. The number of alkyl halides is 1. The number of halogens is 3. The van der Waals surface area contributed by atoms with Gasteiger partial charge in [0.25, 0.3) is 5.91 Å². The molecule has 0 saturated heterocycles.